The topological polar surface area (TPSA) is 46.3 Å². The lowest BCUT2D eigenvalue weighted by molar-refractivity contribution is -0.119. The van der Waals surface area contributed by atoms with Crippen LogP contribution in [0.15, 0.2) is 24.3 Å². The number of rotatable bonds is 3. The fourth-order valence-corrected chi connectivity index (χ4v) is 3.04. The van der Waals surface area contributed by atoms with Gasteiger partial charge in [-0.05, 0) is 49.7 Å². The molecule has 3 nitrogen and oxygen atoms in total. The molecular formula is C16H22N2O. The van der Waals surface area contributed by atoms with Crippen LogP contribution in [0.3, 0.4) is 0 Å². The molecule has 1 heterocycles. The highest BCUT2D eigenvalue weighted by atomic mass is 16.2. The number of aryl methyl sites for hydroxylation is 1. The molecule has 1 fully saturated rings. The molecule has 1 amide bonds. The molecule has 1 atom stereocenters. The Morgan fingerprint density at radius 3 is 2.79 bits per heavy atom. The van der Waals surface area contributed by atoms with Crippen molar-refractivity contribution in [2.24, 2.45) is 11.7 Å². The number of hydrogen-bond acceptors (Lipinski definition) is 2. The van der Waals surface area contributed by atoms with Crippen LogP contribution < -0.4 is 10.6 Å². The van der Waals surface area contributed by atoms with Gasteiger partial charge in [0.2, 0.25) is 5.91 Å². The average molecular weight is 258 g/mol. The molecule has 102 valence electrons. The van der Waals surface area contributed by atoms with E-state index in [9.17, 15) is 4.79 Å². The first-order valence-corrected chi connectivity index (χ1v) is 7.39. The van der Waals surface area contributed by atoms with E-state index in [1.54, 1.807) is 0 Å². The maximum atomic E-state index is 12.6. The molecule has 1 unspecified atom stereocenters. The quantitative estimate of drug-likeness (QED) is 0.905. The van der Waals surface area contributed by atoms with Crippen molar-refractivity contribution in [1.29, 1.82) is 0 Å². The molecule has 0 saturated heterocycles. The lowest BCUT2D eigenvalue weighted by Gasteiger charge is -2.30. The SMILES string of the molecule is NCC1CCCc2ccccc2N1C(=O)CC1CC1. The lowest BCUT2D eigenvalue weighted by Crippen LogP contribution is -2.44. The van der Waals surface area contributed by atoms with E-state index in [1.807, 2.05) is 11.0 Å². The van der Waals surface area contributed by atoms with Gasteiger partial charge in [0, 0.05) is 24.7 Å². The number of nitrogens with zero attached hydrogens (tertiary/aromatic N) is 1. The molecule has 0 spiro atoms. The standard InChI is InChI=1S/C16H22N2O/c17-11-14-6-3-5-13-4-1-2-7-15(13)18(14)16(19)10-12-8-9-12/h1-2,4,7,12,14H,3,5-6,8-11,17H2. The molecule has 19 heavy (non-hydrogen) atoms. The Morgan fingerprint density at radius 2 is 2.05 bits per heavy atom. The molecule has 2 N–H and O–H groups in total. The molecule has 1 saturated carbocycles. The second kappa shape index (κ2) is 5.33. The fourth-order valence-electron chi connectivity index (χ4n) is 3.04. The number of carbonyl (C=O) groups is 1. The van der Waals surface area contributed by atoms with Crippen LogP contribution >= 0.6 is 0 Å². The minimum atomic E-state index is 0.176. The Morgan fingerprint density at radius 1 is 1.26 bits per heavy atom. The van der Waals surface area contributed by atoms with Crippen LogP contribution in [0.5, 0.6) is 0 Å². The summed E-state index contributed by atoms with van der Waals surface area (Å²) in [4.78, 5) is 14.6. The molecule has 0 aromatic heterocycles. The Balaban J connectivity index is 1.92. The molecule has 1 aliphatic carbocycles. The zero-order valence-corrected chi connectivity index (χ0v) is 11.3. The molecule has 1 aliphatic heterocycles. The van der Waals surface area contributed by atoms with Crippen molar-refractivity contribution in [2.45, 2.75) is 44.6 Å². The van der Waals surface area contributed by atoms with Crippen LogP contribution in [-0.4, -0.2) is 18.5 Å². The fraction of sp³-hybridized carbons (Fsp3) is 0.562. The third kappa shape index (κ3) is 2.66. The molecule has 2 aliphatic rings. The lowest BCUT2D eigenvalue weighted by atomic mass is 10.1. The number of para-hydroxylation sites is 1. The van der Waals surface area contributed by atoms with E-state index in [4.69, 9.17) is 5.73 Å². The van der Waals surface area contributed by atoms with Gasteiger partial charge >= 0.3 is 0 Å². The van der Waals surface area contributed by atoms with Gasteiger partial charge in [-0.25, -0.2) is 0 Å². The van der Waals surface area contributed by atoms with Gasteiger partial charge in [-0.1, -0.05) is 18.2 Å². The summed E-state index contributed by atoms with van der Waals surface area (Å²) in [6.45, 7) is 0.560. The van der Waals surface area contributed by atoms with Crippen molar-refractivity contribution in [1.82, 2.24) is 0 Å². The minimum Gasteiger partial charge on any atom is -0.328 e. The second-order valence-corrected chi connectivity index (χ2v) is 5.82. The number of benzene rings is 1. The number of carbonyl (C=O) groups excluding carboxylic acids is 1. The summed E-state index contributed by atoms with van der Waals surface area (Å²) in [6.07, 6.45) is 6.32. The van der Waals surface area contributed by atoms with E-state index in [0.29, 0.717) is 18.9 Å². The van der Waals surface area contributed by atoms with Crippen LogP contribution in [0.25, 0.3) is 0 Å². The minimum absolute atomic E-state index is 0.176. The summed E-state index contributed by atoms with van der Waals surface area (Å²) in [6, 6.07) is 8.48. The summed E-state index contributed by atoms with van der Waals surface area (Å²) >= 11 is 0. The predicted octanol–water partition coefficient (Wildman–Crippen LogP) is 2.48. The normalized spacial score (nSPS) is 22.8. The largest absolute Gasteiger partial charge is 0.328 e. The highest BCUT2D eigenvalue weighted by Gasteiger charge is 2.32. The van der Waals surface area contributed by atoms with Gasteiger partial charge in [0.25, 0.3) is 0 Å². The Bertz CT molecular complexity index is 468. The first-order valence-electron chi connectivity index (χ1n) is 7.39. The van der Waals surface area contributed by atoms with Gasteiger partial charge in [-0.3, -0.25) is 4.79 Å². The van der Waals surface area contributed by atoms with Crippen LogP contribution in [-0.2, 0) is 11.2 Å². The third-order valence-electron chi connectivity index (χ3n) is 4.30. The molecule has 1 aromatic rings. The molecular weight excluding hydrogens is 236 g/mol. The number of nitrogens with two attached hydrogens (primary N) is 1. The number of fused-ring (bicyclic) bond motifs is 1. The van der Waals surface area contributed by atoms with Crippen molar-refractivity contribution in [2.75, 3.05) is 11.4 Å². The number of amides is 1. The van der Waals surface area contributed by atoms with E-state index < -0.39 is 0 Å². The zero-order chi connectivity index (χ0) is 13.2. The van der Waals surface area contributed by atoms with Crippen LogP contribution in [0.1, 0.15) is 37.7 Å². The van der Waals surface area contributed by atoms with E-state index in [-0.39, 0.29) is 11.9 Å². The van der Waals surface area contributed by atoms with Crippen molar-refractivity contribution in [3.63, 3.8) is 0 Å². The Kier molecular flexibility index (Phi) is 3.56. The van der Waals surface area contributed by atoms with Crippen molar-refractivity contribution >= 4 is 11.6 Å². The molecule has 3 heteroatoms. The van der Waals surface area contributed by atoms with Gasteiger partial charge in [0.05, 0.1) is 0 Å². The van der Waals surface area contributed by atoms with E-state index in [2.05, 4.69) is 18.2 Å². The zero-order valence-electron chi connectivity index (χ0n) is 11.3. The molecule has 0 bridgehead atoms. The maximum absolute atomic E-state index is 12.6. The number of hydrogen-bond donors (Lipinski definition) is 1. The van der Waals surface area contributed by atoms with E-state index >= 15 is 0 Å². The smallest absolute Gasteiger partial charge is 0.227 e. The van der Waals surface area contributed by atoms with Crippen molar-refractivity contribution in [3.8, 4) is 0 Å². The van der Waals surface area contributed by atoms with Crippen LogP contribution in [0, 0.1) is 5.92 Å². The summed E-state index contributed by atoms with van der Waals surface area (Å²) in [5.41, 5.74) is 8.30. The summed E-state index contributed by atoms with van der Waals surface area (Å²) in [5.74, 6) is 0.897. The Hall–Kier alpha value is -1.35. The predicted molar refractivity (Wildman–Crippen MR) is 77.0 cm³/mol. The Labute approximate surface area is 114 Å². The van der Waals surface area contributed by atoms with Crippen LogP contribution in [0.2, 0.25) is 0 Å². The highest BCUT2D eigenvalue weighted by molar-refractivity contribution is 5.95. The summed E-state index contributed by atoms with van der Waals surface area (Å²) in [5, 5.41) is 0. The van der Waals surface area contributed by atoms with Crippen molar-refractivity contribution < 1.29 is 4.79 Å². The van der Waals surface area contributed by atoms with Gasteiger partial charge < -0.3 is 10.6 Å². The summed E-state index contributed by atoms with van der Waals surface area (Å²) < 4.78 is 0. The van der Waals surface area contributed by atoms with E-state index in [1.165, 1.54) is 18.4 Å². The second-order valence-electron chi connectivity index (χ2n) is 5.82. The first kappa shape index (κ1) is 12.7. The monoisotopic (exact) mass is 258 g/mol. The summed E-state index contributed by atoms with van der Waals surface area (Å²) in [7, 11) is 0. The molecule has 3 rings (SSSR count). The van der Waals surface area contributed by atoms with Crippen LogP contribution in [0.4, 0.5) is 5.69 Å². The highest BCUT2D eigenvalue weighted by Crippen LogP contribution is 2.36. The number of anilines is 1. The van der Waals surface area contributed by atoms with Gasteiger partial charge in [-0.2, -0.15) is 0 Å². The maximum Gasteiger partial charge on any atom is 0.227 e. The van der Waals surface area contributed by atoms with Gasteiger partial charge in [0.15, 0.2) is 0 Å². The van der Waals surface area contributed by atoms with Gasteiger partial charge in [-0.15, -0.1) is 0 Å². The average Bonchev–Trinajstić information content (AvgIpc) is 3.23. The van der Waals surface area contributed by atoms with Crippen molar-refractivity contribution in [3.05, 3.63) is 29.8 Å². The molecule has 0 radical (unpaired) electrons. The van der Waals surface area contributed by atoms with E-state index in [0.717, 1.165) is 24.9 Å². The first-order chi connectivity index (χ1) is 9.29. The van der Waals surface area contributed by atoms with Gasteiger partial charge in [0.1, 0.15) is 0 Å². The third-order valence-corrected chi connectivity index (χ3v) is 4.30. The molecule has 1 aromatic carbocycles.